The lowest BCUT2D eigenvalue weighted by Gasteiger charge is -2.20. The first kappa shape index (κ1) is 16.6. The Kier molecular flexibility index (Phi) is 6.97. The molecule has 1 aliphatic rings. The molecule has 0 radical (unpaired) electrons. The van der Waals surface area contributed by atoms with Crippen LogP contribution < -0.4 is 0 Å². The molecule has 22 heavy (non-hydrogen) atoms. The van der Waals surface area contributed by atoms with Gasteiger partial charge in [-0.05, 0) is 37.2 Å². The average Bonchev–Trinajstić information content (AvgIpc) is 3.03. The Hall–Kier alpha value is -1.81. The van der Waals surface area contributed by atoms with Gasteiger partial charge in [-0.2, -0.15) is 0 Å². The SMILES string of the molecule is CCCCN(CC=C1N=NN=C1c1ccccc1)CCCC. The summed E-state index contributed by atoms with van der Waals surface area (Å²) in [6.07, 6.45) is 7.11. The van der Waals surface area contributed by atoms with Gasteiger partial charge in [0.1, 0.15) is 11.4 Å². The normalized spacial score (nSPS) is 15.8. The lowest BCUT2D eigenvalue weighted by atomic mass is 10.1. The summed E-state index contributed by atoms with van der Waals surface area (Å²) in [6, 6.07) is 10.1. The quantitative estimate of drug-likeness (QED) is 0.654. The third kappa shape index (κ3) is 4.88. The van der Waals surface area contributed by atoms with Crippen molar-refractivity contribution >= 4 is 5.71 Å². The van der Waals surface area contributed by atoms with Crippen molar-refractivity contribution in [1.29, 1.82) is 0 Å². The number of unbranched alkanes of at least 4 members (excludes halogenated alkanes) is 2. The smallest absolute Gasteiger partial charge is 0.122 e. The Balaban J connectivity index is 2.00. The molecule has 1 aromatic rings. The van der Waals surface area contributed by atoms with Gasteiger partial charge < -0.3 is 0 Å². The van der Waals surface area contributed by atoms with Crippen LogP contribution >= 0.6 is 0 Å². The van der Waals surface area contributed by atoms with Gasteiger partial charge in [-0.3, -0.25) is 4.90 Å². The summed E-state index contributed by atoms with van der Waals surface area (Å²) in [4.78, 5) is 2.50. The monoisotopic (exact) mass is 298 g/mol. The number of rotatable bonds is 9. The van der Waals surface area contributed by atoms with Crippen molar-refractivity contribution in [2.24, 2.45) is 15.4 Å². The van der Waals surface area contributed by atoms with Crippen LogP contribution in [-0.4, -0.2) is 30.2 Å². The van der Waals surface area contributed by atoms with E-state index in [2.05, 4.69) is 52.4 Å². The molecule has 0 aromatic heterocycles. The number of hydrogen-bond acceptors (Lipinski definition) is 4. The van der Waals surface area contributed by atoms with Crippen LogP contribution in [0, 0.1) is 0 Å². The van der Waals surface area contributed by atoms with E-state index >= 15 is 0 Å². The highest BCUT2D eigenvalue weighted by Gasteiger charge is 2.14. The molecule has 118 valence electrons. The van der Waals surface area contributed by atoms with E-state index in [1.165, 1.54) is 25.7 Å². The van der Waals surface area contributed by atoms with Crippen molar-refractivity contribution in [3.63, 3.8) is 0 Å². The molecule has 0 saturated carbocycles. The number of nitrogens with zero attached hydrogens (tertiary/aromatic N) is 4. The standard InChI is InChI=1S/C18H26N4/c1-3-5-13-22(14-6-4-2)15-12-17-18(20-21-19-17)16-10-8-7-9-11-16/h7-12H,3-6,13-15H2,1-2H3. The van der Waals surface area contributed by atoms with Crippen molar-refractivity contribution in [3.05, 3.63) is 47.7 Å². The maximum atomic E-state index is 4.18. The van der Waals surface area contributed by atoms with Gasteiger partial charge in [-0.1, -0.05) is 57.0 Å². The molecule has 0 bridgehead atoms. The Morgan fingerprint density at radius 3 is 2.32 bits per heavy atom. The zero-order valence-corrected chi connectivity index (χ0v) is 13.7. The summed E-state index contributed by atoms with van der Waals surface area (Å²) in [5.74, 6) is 0. The van der Waals surface area contributed by atoms with Crippen LogP contribution in [0.3, 0.4) is 0 Å². The summed E-state index contributed by atoms with van der Waals surface area (Å²) in [5.41, 5.74) is 2.85. The van der Waals surface area contributed by atoms with Crippen LogP contribution in [0.25, 0.3) is 0 Å². The van der Waals surface area contributed by atoms with Crippen LogP contribution in [0.2, 0.25) is 0 Å². The number of benzene rings is 1. The van der Waals surface area contributed by atoms with E-state index in [1.807, 2.05) is 18.2 Å². The minimum Gasteiger partial charge on any atom is -0.300 e. The molecule has 4 nitrogen and oxygen atoms in total. The van der Waals surface area contributed by atoms with E-state index in [9.17, 15) is 0 Å². The average molecular weight is 298 g/mol. The Bertz CT molecular complexity index is 523. The third-order valence-corrected chi connectivity index (χ3v) is 3.79. The van der Waals surface area contributed by atoms with Gasteiger partial charge in [0.15, 0.2) is 0 Å². The maximum Gasteiger partial charge on any atom is 0.122 e. The van der Waals surface area contributed by atoms with Crippen LogP contribution in [0.5, 0.6) is 0 Å². The van der Waals surface area contributed by atoms with E-state index in [4.69, 9.17) is 0 Å². The number of hydrogen-bond donors (Lipinski definition) is 0. The van der Waals surface area contributed by atoms with E-state index in [0.29, 0.717) is 0 Å². The molecule has 1 aromatic carbocycles. The fourth-order valence-electron chi connectivity index (χ4n) is 2.43. The second-order valence-electron chi connectivity index (χ2n) is 5.60. The zero-order valence-electron chi connectivity index (χ0n) is 13.7. The largest absolute Gasteiger partial charge is 0.300 e. The highest BCUT2D eigenvalue weighted by molar-refractivity contribution is 6.12. The summed E-state index contributed by atoms with van der Waals surface area (Å²) in [7, 11) is 0. The van der Waals surface area contributed by atoms with Gasteiger partial charge in [0.05, 0.1) is 0 Å². The van der Waals surface area contributed by atoms with Gasteiger partial charge in [-0.15, -0.1) is 10.2 Å². The third-order valence-electron chi connectivity index (χ3n) is 3.79. The minimum atomic E-state index is 0.881. The van der Waals surface area contributed by atoms with Gasteiger partial charge in [0.2, 0.25) is 0 Å². The molecular weight excluding hydrogens is 272 g/mol. The van der Waals surface area contributed by atoms with Crippen molar-refractivity contribution in [1.82, 2.24) is 4.90 Å². The topological polar surface area (TPSA) is 40.3 Å². The predicted molar refractivity (Wildman–Crippen MR) is 92.2 cm³/mol. The summed E-state index contributed by atoms with van der Waals surface area (Å²) in [6.45, 7) is 7.69. The van der Waals surface area contributed by atoms with Crippen molar-refractivity contribution in [2.45, 2.75) is 39.5 Å². The first-order valence-corrected chi connectivity index (χ1v) is 8.32. The number of allylic oxidation sites excluding steroid dienone is 1. The van der Waals surface area contributed by atoms with Crippen molar-refractivity contribution in [2.75, 3.05) is 19.6 Å². The van der Waals surface area contributed by atoms with Gasteiger partial charge in [0.25, 0.3) is 0 Å². The maximum absolute atomic E-state index is 4.18. The molecule has 2 rings (SSSR count). The molecule has 0 saturated heterocycles. The molecule has 0 fully saturated rings. The van der Waals surface area contributed by atoms with Gasteiger partial charge >= 0.3 is 0 Å². The molecule has 0 spiro atoms. The first-order chi connectivity index (χ1) is 10.8. The molecule has 1 aliphatic heterocycles. The van der Waals surface area contributed by atoms with E-state index in [-0.39, 0.29) is 0 Å². The van der Waals surface area contributed by atoms with E-state index < -0.39 is 0 Å². The fourth-order valence-corrected chi connectivity index (χ4v) is 2.43. The van der Waals surface area contributed by atoms with Crippen molar-refractivity contribution < 1.29 is 0 Å². The molecule has 1 heterocycles. The lowest BCUT2D eigenvalue weighted by molar-refractivity contribution is 0.292. The van der Waals surface area contributed by atoms with Crippen LogP contribution in [0.1, 0.15) is 45.1 Å². The molecular formula is C18H26N4. The van der Waals surface area contributed by atoms with Crippen molar-refractivity contribution in [3.8, 4) is 0 Å². The molecule has 4 heteroatoms. The molecule has 0 N–H and O–H groups in total. The predicted octanol–water partition coefficient (Wildman–Crippen LogP) is 4.64. The van der Waals surface area contributed by atoms with Crippen LogP contribution in [0.4, 0.5) is 0 Å². The van der Waals surface area contributed by atoms with Gasteiger partial charge in [0, 0.05) is 12.1 Å². The second-order valence-corrected chi connectivity index (χ2v) is 5.60. The van der Waals surface area contributed by atoms with Gasteiger partial charge in [-0.25, -0.2) is 0 Å². The Morgan fingerprint density at radius 2 is 1.68 bits per heavy atom. The highest BCUT2D eigenvalue weighted by Crippen LogP contribution is 2.17. The summed E-state index contributed by atoms with van der Waals surface area (Å²) in [5, 5.41) is 12.2. The molecule has 0 aliphatic carbocycles. The lowest BCUT2D eigenvalue weighted by Crippen LogP contribution is -2.26. The molecule has 0 atom stereocenters. The fraction of sp³-hybridized carbons (Fsp3) is 0.500. The zero-order chi connectivity index (χ0) is 15.6. The Morgan fingerprint density at radius 1 is 1.00 bits per heavy atom. The molecule has 0 amide bonds. The van der Waals surface area contributed by atoms with E-state index in [0.717, 1.165) is 36.6 Å². The minimum absolute atomic E-state index is 0.881. The summed E-state index contributed by atoms with van der Waals surface area (Å²) < 4.78 is 0. The second kappa shape index (κ2) is 9.26. The Labute approximate surface area is 133 Å². The highest BCUT2D eigenvalue weighted by atomic mass is 15.4. The van der Waals surface area contributed by atoms with Crippen LogP contribution in [0.15, 0.2) is 57.5 Å². The molecule has 0 unspecified atom stereocenters. The summed E-state index contributed by atoms with van der Waals surface area (Å²) >= 11 is 0. The van der Waals surface area contributed by atoms with Crippen LogP contribution in [-0.2, 0) is 0 Å². The van der Waals surface area contributed by atoms with E-state index in [1.54, 1.807) is 0 Å². The first-order valence-electron chi connectivity index (χ1n) is 8.32.